The fraction of sp³-hybridized carbons (Fsp3) is 0.143. The minimum absolute atomic E-state index is 0. The van der Waals surface area contributed by atoms with Gasteiger partial charge < -0.3 is 17.0 Å². The van der Waals surface area contributed by atoms with Gasteiger partial charge in [0.25, 0.3) is 11.5 Å². The largest absolute Gasteiger partial charge is 1.00 e. The Hall–Kier alpha value is -3.63. The summed E-state index contributed by atoms with van der Waals surface area (Å²) in [5.41, 5.74) is 4.24. The molecule has 0 bridgehead atoms. The number of rotatable bonds is 3. The molecule has 0 aliphatic heterocycles. The van der Waals surface area contributed by atoms with Crippen molar-refractivity contribution in [3.05, 3.63) is 70.3 Å². The first kappa shape index (κ1) is 20.1. The number of para-hydroxylation sites is 1. The predicted octanol–water partition coefficient (Wildman–Crippen LogP) is 0.458. The van der Waals surface area contributed by atoms with Crippen LogP contribution in [0.4, 0.5) is 11.5 Å². The van der Waals surface area contributed by atoms with Crippen LogP contribution in [0.25, 0.3) is 27.6 Å². The molecule has 29 heavy (non-hydrogen) atoms. The molecule has 0 N–H and O–H groups in total. The Morgan fingerprint density at radius 2 is 1.76 bits per heavy atom. The molecule has 0 saturated carbocycles. The topological polar surface area (TPSA) is 79.0 Å². The van der Waals surface area contributed by atoms with Crippen LogP contribution >= 0.6 is 0 Å². The molecule has 0 aliphatic rings. The molecule has 0 radical (unpaired) electrons. The molecule has 8 heteroatoms. The van der Waals surface area contributed by atoms with E-state index < -0.39 is 4.92 Å². The van der Waals surface area contributed by atoms with Gasteiger partial charge in [0, 0.05) is 24.6 Å². The lowest BCUT2D eigenvalue weighted by Gasteiger charge is -2.14. The molecule has 0 spiro atoms. The number of halogens is 1. The molecular formula is C21H18ClN5O2. The third-order valence-corrected chi connectivity index (χ3v) is 4.94. The highest BCUT2D eigenvalue weighted by atomic mass is 35.5. The van der Waals surface area contributed by atoms with Crippen molar-refractivity contribution in [3.8, 4) is 11.8 Å². The fourth-order valence-corrected chi connectivity index (χ4v) is 3.72. The van der Waals surface area contributed by atoms with Crippen molar-refractivity contribution in [2.45, 2.75) is 0 Å². The van der Waals surface area contributed by atoms with Gasteiger partial charge in [0.2, 0.25) is 0 Å². The maximum Gasteiger partial charge on any atom is 0.300 e. The minimum atomic E-state index is -0.416. The van der Waals surface area contributed by atoms with Crippen LogP contribution in [0.15, 0.2) is 54.6 Å². The average Bonchev–Trinajstić information content (AvgIpc) is 2.99. The Morgan fingerprint density at radius 3 is 2.34 bits per heavy atom. The Morgan fingerprint density at radius 1 is 1.10 bits per heavy atom. The van der Waals surface area contributed by atoms with Crippen molar-refractivity contribution in [2.75, 3.05) is 19.0 Å². The molecule has 0 aliphatic carbocycles. The Labute approximate surface area is 173 Å². The monoisotopic (exact) mass is 407 g/mol. The van der Waals surface area contributed by atoms with Crippen molar-refractivity contribution < 1.29 is 21.9 Å². The van der Waals surface area contributed by atoms with E-state index in [0.29, 0.717) is 5.56 Å². The summed E-state index contributed by atoms with van der Waals surface area (Å²) in [6.07, 6.45) is 0. The van der Waals surface area contributed by atoms with Crippen LogP contribution < -0.4 is 21.9 Å². The van der Waals surface area contributed by atoms with Crippen LogP contribution in [0.1, 0.15) is 5.56 Å². The summed E-state index contributed by atoms with van der Waals surface area (Å²) in [7, 11) is 5.74. The summed E-state index contributed by atoms with van der Waals surface area (Å²) in [6, 6.07) is 18.6. The van der Waals surface area contributed by atoms with Gasteiger partial charge in [-0.25, -0.2) is 0 Å². The molecule has 0 atom stereocenters. The molecule has 0 unspecified atom stereocenters. The van der Waals surface area contributed by atoms with Gasteiger partial charge in [0.05, 0.1) is 30.1 Å². The lowest BCUT2D eigenvalue weighted by molar-refractivity contribution is -0.552. The van der Waals surface area contributed by atoms with Crippen LogP contribution in [-0.4, -0.2) is 23.6 Å². The number of aryl methyl sites for hydroxylation is 1. The first-order valence-electron chi connectivity index (χ1n) is 8.72. The van der Waals surface area contributed by atoms with E-state index in [-0.39, 0.29) is 18.1 Å². The van der Waals surface area contributed by atoms with Gasteiger partial charge in [0.15, 0.2) is 5.52 Å². The number of anilines is 1. The van der Waals surface area contributed by atoms with Crippen molar-refractivity contribution >= 4 is 33.4 Å². The molecule has 4 aromatic rings. The molecule has 2 aromatic heterocycles. The normalized spacial score (nSPS) is 10.6. The standard InChI is InChI=1S/C21H18N5O2.ClH/c1-23(2)21-14(13-22)12-19-20(17-6-4-5-7-18(17)24(19)3)25(21)15-8-10-16(11-9-15)26(27)28;/h4-12H,1-3H3;1H/q+1;/p-1. The SMILES string of the molecule is CN(C)c1c(C#N)cc2c(c3ccccc3n2C)[n+]1-c1ccc([N+](=O)[O-])cc1.[Cl-]. The van der Waals surface area contributed by atoms with Crippen molar-refractivity contribution in [1.82, 2.24) is 4.57 Å². The first-order chi connectivity index (χ1) is 13.4. The summed E-state index contributed by atoms with van der Waals surface area (Å²) in [5, 5.41) is 21.9. The predicted molar refractivity (Wildman–Crippen MR) is 108 cm³/mol. The molecule has 2 aromatic carbocycles. The maximum atomic E-state index is 11.1. The number of nitrogens with zero attached hydrogens (tertiary/aromatic N) is 5. The number of nitriles is 1. The summed E-state index contributed by atoms with van der Waals surface area (Å²) < 4.78 is 4.06. The average molecular weight is 408 g/mol. The summed E-state index contributed by atoms with van der Waals surface area (Å²) in [6.45, 7) is 0. The Kier molecular flexibility index (Phi) is 5.14. The van der Waals surface area contributed by atoms with E-state index in [4.69, 9.17) is 0 Å². The number of nitro benzene ring substituents is 1. The minimum Gasteiger partial charge on any atom is -1.00 e. The highest BCUT2D eigenvalue weighted by Gasteiger charge is 2.27. The number of non-ortho nitro benzene ring substituents is 1. The third kappa shape index (κ3) is 3.04. The van der Waals surface area contributed by atoms with Crippen LogP contribution in [0, 0.1) is 21.4 Å². The van der Waals surface area contributed by atoms with Gasteiger partial charge in [-0.15, -0.1) is 0 Å². The molecule has 7 nitrogen and oxygen atoms in total. The van der Waals surface area contributed by atoms with Gasteiger partial charge in [-0.1, -0.05) is 12.1 Å². The fourth-order valence-electron chi connectivity index (χ4n) is 3.72. The van der Waals surface area contributed by atoms with E-state index in [9.17, 15) is 15.4 Å². The molecule has 0 fully saturated rings. The van der Waals surface area contributed by atoms with Crippen LogP contribution in [0.2, 0.25) is 0 Å². The van der Waals surface area contributed by atoms with E-state index in [1.165, 1.54) is 12.1 Å². The van der Waals surface area contributed by atoms with E-state index >= 15 is 0 Å². The molecular weight excluding hydrogens is 390 g/mol. The maximum absolute atomic E-state index is 11.1. The van der Waals surface area contributed by atoms with Crippen LogP contribution in [-0.2, 0) is 7.05 Å². The summed E-state index contributed by atoms with van der Waals surface area (Å²) in [4.78, 5) is 12.5. The number of benzene rings is 2. The van der Waals surface area contributed by atoms with Gasteiger partial charge >= 0.3 is 0 Å². The van der Waals surface area contributed by atoms with Crippen LogP contribution in [0.5, 0.6) is 0 Å². The third-order valence-electron chi connectivity index (χ3n) is 4.94. The zero-order valence-electron chi connectivity index (χ0n) is 16.1. The van der Waals surface area contributed by atoms with Crippen LogP contribution in [0.3, 0.4) is 0 Å². The number of nitro groups is 1. The number of hydrogen-bond donors (Lipinski definition) is 0. The zero-order chi connectivity index (χ0) is 20.0. The van der Waals surface area contributed by atoms with Crippen molar-refractivity contribution in [2.24, 2.45) is 7.05 Å². The highest BCUT2D eigenvalue weighted by Crippen LogP contribution is 2.30. The Bertz CT molecular complexity index is 1290. The van der Waals surface area contributed by atoms with E-state index in [0.717, 1.165) is 33.4 Å². The number of fused-ring (bicyclic) bond motifs is 3. The van der Waals surface area contributed by atoms with Crippen molar-refractivity contribution in [3.63, 3.8) is 0 Å². The molecule has 0 saturated heterocycles. The lowest BCUT2D eigenvalue weighted by Crippen LogP contribution is -3.00. The first-order valence-corrected chi connectivity index (χ1v) is 8.72. The second kappa shape index (κ2) is 7.41. The molecule has 0 amide bonds. The van der Waals surface area contributed by atoms with Gasteiger partial charge in [0.1, 0.15) is 17.3 Å². The van der Waals surface area contributed by atoms with Gasteiger partial charge in [-0.3, -0.25) is 15.0 Å². The molecule has 4 rings (SSSR count). The number of aromatic nitrogens is 2. The van der Waals surface area contributed by atoms with Gasteiger partial charge in [-0.2, -0.15) is 9.83 Å². The van der Waals surface area contributed by atoms with E-state index in [1.54, 1.807) is 12.1 Å². The molecule has 2 heterocycles. The number of pyridine rings is 1. The van der Waals surface area contributed by atoms with E-state index in [1.807, 2.05) is 60.9 Å². The molecule has 146 valence electrons. The quantitative estimate of drug-likeness (QED) is 0.281. The highest BCUT2D eigenvalue weighted by molar-refractivity contribution is 6.04. The van der Waals surface area contributed by atoms with Gasteiger partial charge in [-0.05, 0) is 30.3 Å². The second-order valence-corrected chi connectivity index (χ2v) is 6.81. The van der Waals surface area contributed by atoms with Crippen molar-refractivity contribution in [1.29, 1.82) is 5.26 Å². The Balaban J connectivity index is 0.00000240. The lowest BCUT2D eigenvalue weighted by atomic mass is 10.1. The zero-order valence-corrected chi connectivity index (χ0v) is 16.9. The summed E-state index contributed by atoms with van der Waals surface area (Å²) >= 11 is 0. The smallest absolute Gasteiger partial charge is 0.300 e. The number of hydrogen-bond acceptors (Lipinski definition) is 4. The van der Waals surface area contributed by atoms with E-state index in [2.05, 4.69) is 10.6 Å². The summed E-state index contributed by atoms with van der Waals surface area (Å²) in [5.74, 6) is 0.722. The second-order valence-electron chi connectivity index (χ2n) is 6.81.